The first-order chi connectivity index (χ1) is 31.4. The Morgan fingerprint density at radius 2 is 0.785 bits per heavy atom. The first-order valence-electron chi connectivity index (χ1n) is 19.7. The third kappa shape index (κ3) is 10.3. The second kappa shape index (κ2) is 18.9. The standard InChI is InChI=1S/C44H36N10O11/c45-1-2-46-42(58)24-3-27-15-53-16-28-4-25(43(59)60)7-37(48-28)40-13-34(64-22-56)10-31(51-40)19-54(18-30-9-33(63-21-55)12-39(50-30)36(6-24)47-27)20-32-11-35(65-23-57)14-41(52-32)38-8-26(44(61)62)5-29(17-53)49-38/h3-14,21-23H,1-2,15-20,45H2,(H,46,58)(H,59,60)(H,61,62). The van der Waals surface area contributed by atoms with Gasteiger partial charge in [0.25, 0.3) is 25.3 Å². The zero-order valence-corrected chi connectivity index (χ0v) is 34.0. The van der Waals surface area contributed by atoms with Crippen molar-refractivity contribution < 1.29 is 53.2 Å². The number of ether oxygens (including phenoxy) is 3. The molecule has 3 aliphatic heterocycles. The number of nitrogens with two attached hydrogens (primary N) is 1. The summed E-state index contributed by atoms with van der Waals surface area (Å²) in [4.78, 5) is 107. The van der Waals surface area contributed by atoms with Gasteiger partial charge in [-0.15, -0.1) is 0 Å². The Bertz CT molecular complexity index is 2770. The van der Waals surface area contributed by atoms with Gasteiger partial charge in [-0.2, -0.15) is 0 Å². The summed E-state index contributed by atoms with van der Waals surface area (Å²) in [5.74, 6) is -2.74. The highest BCUT2D eigenvalue weighted by molar-refractivity contribution is 5.95. The van der Waals surface area contributed by atoms with Crippen LogP contribution in [0.4, 0.5) is 0 Å². The van der Waals surface area contributed by atoms with Crippen molar-refractivity contribution in [1.29, 1.82) is 0 Å². The minimum absolute atomic E-state index is 0.0281. The Balaban J connectivity index is 1.45. The van der Waals surface area contributed by atoms with Crippen molar-refractivity contribution in [3.63, 3.8) is 0 Å². The second-order valence-corrected chi connectivity index (χ2v) is 14.8. The van der Waals surface area contributed by atoms with Crippen LogP contribution in [-0.4, -0.2) is 100 Å². The van der Waals surface area contributed by atoms with Crippen molar-refractivity contribution in [2.75, 3.05) is 13.1 Å². The van der Waals surface area contributed by atoms with Gasteiger partial charge in [-0.25, -0.2) is 39.5 Å². The van der Waals surface area contributed by atoms with Gasteiger partial charge < -0.3 is 35.5 Å². The lowest BCUT2D eigenvalue weighted by molar-refractivity contribution is -0.121. The molecule has 9 heterocycles. The number of aromatic nitrogens is 6. The number of nitrogens with one attached hydrogen (secondary N) is 1. The molecule has 0 spiro atoms. The Morgan fingerprint density at radius 3 is 1.09 bits per heavy atom. The van der Waals surface area contributed by atoms with Crippen LogP contribution in [0.5, 0.6) is 17.2 Å². The summed E-state index contributed by atoms with van der Waals surface area (Å²) in [5.41, 5.74) is 8.35. The zero-order chi connectivity index (χ0) is 45.6. The number of amides is 1. The van der Waals surface area contributed by atoms with Crippen LogP contribution in [0, 0.1) is 0 Å². The van der Waals surface area contributed by atoms with Crippen molar-refractivity contribution >= 4 is 37.3 Å². The molecule has 9 rings (SSSR count). The first kappa shape index (κ1) is 43.3. The van der Waals surface area contributed by atoms with E-state index in [2.05, 4.69) is 5.32 Å². The Morgan fingerprint density at radius 1 is 0.492 bits per heavy atom. The lowest BCUT2D eigenvalue weighted by Crippen LogP contribution is -2.29. The number of pyridine rings is 6. The number of hydrogen-bond donors (Lipinski definition) is 4. The molecule has 0 unspecified atom stereocenters. The molecule has 14 bridgehead atoms. The van der Waals surface area contributed by atoms with Gasteiger partial charge in [0.15, 0.2) is 0 Å². The number of rotatable bonds is 11. The maximum atomic E-state index is 13.6. The molecule has 0 aromatic carbocycles. The molecule has 3 aliphatic rings. The van der Waals surface area contributed by atoms with E-state index in [1.54, 1.807) is 11.0 Å². The van der Waals surface area contributed by atoms with Gasteiger partial charge in [0.2, 0.25) is 0 Å². The third-order valence-electron chi connectivity index (χ3n) is 10.0. The molecular weight excluding hydrogens is 845 g/mol. The third-order valence-corrected chi connectivity index (χ3v) is 10.0. The number of carboxylic acid groups (broad SMARTS) is 2. The van der Waals surface area contributed by atoms with Gasteiger partial charge >= 0.3 is 11.9 Å². The van der Waals surface area contributed by atoms with E-state index in [0.717, 1.165) is 0 Å². The molecule has 0 saturated heterocycles. The van der Waals surface area contributed by atoms with Crippen LogP contribution in [0.2, 0.25) is 0 Å². The van der Waals surface area contributed by atoms with Crippen molar-refractivity contribution in [3.8, 4) is 51.4 Å². The molecule has 6 aromatic heterocycles. The molecule has 1 amide bonds. The zero-order valence-electron chi connectivity index (χ0n) is 34.0. The first-order valence-corrected chi connectivity index (χ1v) is 19.7. The highest BCUT2D eigenvalue weighted by Gasteiger charge is 2.24. The average molecular weight is 881 g/mol. The fourth-order valence-corrected chi connectivity index (χ4v) is 7.46. The summed E-state index contributed by atoms with van der Waals surface area (Å²) in [5, 5.41) is 23.4. The SMILES string of the molecule is NCCNC(=O)c1cc2nc(c1)-c1cc(OC=O)cc(n1)C[N@]1Cc3cc(OC=O)cc(n3)-c3cc(C(=O)O)cc(n3)C[N@@](Cc3cc(C(=O)O)cc(n3)-c3cc(OC=O)cc(n3)C1)C2. The van der Waals surface area contributed by atoms with Gasteiger partial charge in [-0.1, -0.05) is 0 Å². The van der Waals surface area contributed by atoms with E-state index >= 15 is 0 Å². The number of carbonyl (C=O) groups excluding carboxylic acids is 4. The fraction of sp³-hybridized carbons (Fsp3) is 0.182. The van der Waals surface area contributed by atoms with E-state index in [1.165, 1.54) is 66.7 Å². The van der Waals surface area contributed by atoms with E-state index in [9.17, 15) is 39.0 Å². The quantitative estimate of drug-likeness (QED) is 0.136. The van der Waals surface area contributed by atoms with Crippen molar-refractivity contribution in [2.24, 2.45) is 5.73 Å². The maximum Gasteiger partial charge on any atom is 0.335 e. The predicted octanol–water partition coefficient (Wildman–Crippen LogP) is 2.78. The van der Waals surface area contributed by atoms with Crippen molar-refractivity contribution in [2.45, 2.75) is 39.3 Å². The van der Waals surface area contributed by atoms with Crippen LogP contribution in [0.15, 0.2) is 72.8 Å². The van der Waals surface area contributed by atoms with Gasteiger partial charge in [0.1, 0.15) is 17.2 Å². The molecular formula is C44H36N10O11. The van der Waals surface area contributed by atoms with E-state index in [4.69, 9.17) is 49.8 Å². The summed E-state index contributed by atoms with van der Waals surface area (Å²) >= 11 is 0. The summed E-state index contributed by atoms with van der Waals surface area (Å²) in [6.07, 6.45) is 0. The van der Waals surface area contributed by atoms with Crippen LogP contribution in [0.1, 0.15) is 65.2 Å². The van der Waals surface area contributed by atoms with Crippen molar-refractivity contribution in [3.05, 3.63) is 124 Å². The lowest BCUT2D eigenvalue weighted by Gasteiger charge is -2.25. The van der Waals surface area contributed by atoms with Crippen LogP contribution < -0.4 is 25.3 Å². The second-order valence-electron chi connectivity index (χ2n) is 14.8. The van der Waals surface area contributed by atoms with E-state index in [0.29, 0.717) is 22.8 Å². The molecule has 328 valence electrons. The highest BCUT2D eigenvalue weighted by atomic mass is 16.5. The van der Waals surface area contributed by atoms with Crippen LogP contribution in [-0.2, 0) is 53.7 Å². The molecule has 6 aromatic rings. The van der Waals surface area contributed by atoms with Crippen LogP contribution in [0.3, 0.4) is 0 Å². The minimum atomic E-state index is -1.27. The molecule has 5 N–H and O–H groups in total. The number of aromatic carboxylic acids is 2. The Kier molecular flexibility index (Phi) is 12.6. The number of hydrogen-bond acceptors (Lipinski definition) is 18. The molecule has 65 heavy (non-hydrogen) atoms. The van der Waals surface area contributed by atoms with Gasteiger partial charge in [-0.3, -0.25) is 29.0 Å². The summed E-state index contributed by atoms with van der Waals surface area (Å²) in [6, 6.07) is 17.4. The lowest BCUT2D eigenvalue weighted by atomic mass is 10.1. The van der Waals surface area contributed by atoms with Crippen LogP contribution >= 0.6 is 0 Å². The molecule has 0 saturated carbocycles. The highest BCUT2D eigenvalue weighted by Crippen LogP contribution is 2.31. The van der Waals surface area contributed by atoms with E-state index in [1.807, 2.05) is 4.90 Å². The molecule has 21 heteroatoms. The van der Waals surface area contributed by atoms with Gasteiger partial charge in [0.05, 0.1) is 79.5 Å². The summed E-state index contributed by atoms with van der Waals surface area (Å²) in [6.45, 7) is 0.683. The normalized spacial score (nSPS) is 15.1. The van der Waals surface area contributed by atoms with Crippen molar-refractivity contribution in [1.82, 2.24) is 45.0 Å². The number of nitrogens with zero attached hydrogens (tertiary/aromatic N) is 8. The topological polar surface area (TPSA) is 292 Å². The number of carboxylic acids is 2. The van der Waals surface area contributed by atoms with Gasteiger partial charge in [-0.05, 0) is 36.4 Å². The smallest absolute Gasteiger partial charge is 0.335 e. The fourth-order valence-electron chi connectivity index (χ4n) is 7.46. The molecule has 0 fully saturated rings. The summed E-state index contributed by atoms with van der Waals surface area (Å²) in [7, 11) is 0. The average Bonchev–Trinajstić information content (AvgIpc) is 3.27. The molecule has 21 nitrogen and oxygen atoms in total. The largest absolute Gasteiger partial charge is 0.478 e. The Labute approximate surface area is 367 Å². The molecule has 0 aliphatic carbocycles. The van der Waals surface area contributed by atoms with E-state index < -0.39 is 17.8 Å². The maximum absolute atomic E-state index is 13.6. The van der Waals surface area contributed by atoms with E-state index in [-0.39, 0.29) is 151 Å². The molecule has 0 radical (unpaired) electrons. The predicted molar refractivity (Wildman–Crippen MR) is 224 cm³/mol. The molecule has 0 atom stereocenters. The minimum Gasteiger partial charge on any atom is -0.478 e. The van der Waals surface area contributed by atoms with Crippen LogP contribution in [0.25, 0.3) is 34.2 Å². The van der Waals surface area contributed by atoms with Gasteiger partial charge in [0, 0.05) is 94.3 Å². The summed E-state index contributed by atoms with van der Waals surface area (Å²) < 4.78 is 16.0. The monoisotopic (exact) mass is 880 g/mol. The number of carbonyl (C=O) groups is 6. The Hall–Kier alpha value is -8.40.